The van der Waals surface area contributed by atoms with E-state index in [0.717, 1.165) is 30.8 Å². The van der Waals surface area contributed by atoms with Crippen LogP contribution in [0.4, 0.5) is 19.3 Å². The molecule has 8 heteroatoms. The number of aromatic nitrogens is 1. The van der Waals surface area contributed by atoms with E-state index in [1.807, 2.05) is 26.8 Å². The Morgan fingerprint density at radius 1 is 1.22 bits per heavy atom. The van der Waals surface area contributed by atoms with Gasteiger partial charge in [0, 0.05) is 18.7 Å². The molecule has 0 radical (unpaired) electrons. The smallest absolute Gasteiger partial charge is 0.407 e. The Labute approximate surface area is 187 Å². The summed E-state index contributed by atoms with van der Waals surface area (Å²) >= 11 is 0. The van der Waals surface area contributed by atoms with Gasteiger partial charge in [0.25, 0.3) is 0 Å². The second kappa shape index (κ2) is 9.81. The monoisotopic (exact) mass is 447 g/mol. The molecule has 0 aliphatic carbocycles. The van der Waals surface area contributed by atoms with Crippen LogP contribution >= 0.6 is 0 Å². The normalized spacial score (nSPS) is 20.7. The van der Waals surface area contributed by atoms with Crippen molar-refractivity contribution in [2.24, 2.45) is 11.8 Å². The molecule has 3 rings (SSSR count). The summed E-state index contributed by atoms with van der Waals surface area (Å²) in [6.45, 7) is 7.20. The molecule has 6 nitrogen and oxygen atoms in total. The van der Waals surface area contributed by atoms with Crippen LogP contribution in [0, 0.1) is 23.5 Å². The lowest BCUT2D eigenvalue weighted by molar-refractivity contribution is -0.00456. The lowest BCUT2D eigenvalue weighted by Crippen LogP contribution is -2.66. The molecule has 1 aromatic heterocycles. The van der Waals surface area contributed by atoms with Crippen molar-refractivity contribution >= 4 is 11.8 Å². The van der Waals surface area contributed by atoms with Gasteiger partial charge in [-0.25, -0.2) is 13.6 Å². The van der Waals surface area contributed by atoms with Crippen LogP contribution in [0.3, 0.4) is 0 Å². The number of carbonyl (C=O) groups excluding carboxylic acids is 1. The second-order valence-corrected chi connectivity index (χ2v) is 8.88. The number of hydrogen-bond acceptors (Lipinski definition) is 5. The van der Waals surface area contributed by atoms with Gasteiger partial charge in [-0.1, -0.05) is 20.8 Å². The van der Waals surface area contributed by atoms with E-state index in [1.165, 1.54) is 13.2 Å². The molecule has 1 aromatic carbocycles. The number of amides is 1. The molecule has 3 unspecified atom stereocenters. The highest BCUT2D eigenvalue weighted by Gasteiger charge is 2.46. The molecule has 1 aliphatic heterocycles. The zero-order valence-electron chi connectivity index (χ0n) is 18.9. The van der Waals surface area contributed by atoms with Crippen LogP contribution in [0.15, 0.2) is 36.5 Å². The fourth-order valence-electron chi connectivity index (χ4n) is 4.24. The van der Waals surface area contributed by atoms with Gasteiger partial charge in [0.1, 0.15) is 0 Å². The number of alkyl carbamates (subject to hydrolysis) is 1. The first-order valence-corrected chi connectivity index (χ1v) is 10.9. The highest BCUT2D eigenvalue weighted by atomic mass is 19.2. The molecule has 1 aliphatic rings. The Morgan fingerprint density at radius 3 is 2.56 bits per heavy atom. The van der Waals surface area contributed by atoms with E-state index in [-0.39, 0.29) is 11.8 Å². The highest BCUT2D eigenvalue weighted by molar-refractivity contribution is 5.69. The number of benzene rings is 1. The maximum absolute atomic E-state index is 13.6. The number of halogens is 2. The SMILES string of the molecule is COC(=O)NC1(C(O)C(C)C(C)C)CCCN(c2ccc(-c3ccc(F)c(F)c3)nc2)C1. The third-order valence-corrected chi connectivity index (χ3v) is 6.50. The van der Waals surface area contributed by atoms with Gasteiger partial charge in [0.2, 0.25) is 0 Å². The van der Waals surface area contributed by atoms with Crippen molar-refractivity contribution < 1.29 is 23.4 Å². The number of pyridine rings is 1. The van der Waals surface area contributed by atoms with E-state index < -0.39 is 29.4 Å². The maximum atomic E-state index is 13.6. The van der Waals surface area contributed by atoms with Gasteiger partial charge in [-0.15, -0.1) is 0 Å². The zero-order valence-corrected chi connectivity index (χ0v) is 18.9. The van der Waals surface area contributed by atoms with Crippen LogP contribution in [0.25, 0.3) is 11.3 Å². The number of ether oxygens (including phenoxy) is 1. The van der Waals surface area contributed by atoms with Crippen molar-refractivity contribution in [3.05, 3.63) is 48.2 Å². The van der Waals surface area contributed by atoms with E-state index in [9.17, 15) is 18.7 Å². The minimum absolute atomic E-state index is 0.0408. The molecular weight excluding hydrogens is 416 g/mol. The van der Waals surface area contributed by atoms with Crippen LogP contribution in [0.1, 0.15) is 33.6 Å². The minimum atomic E-state index is -0.920. The topological polar surface area (TPSA) is 74.7 Å². The first kappa shape index (κ1) is 23.9. The largest absolute Gasteiger partial charge is 0.453 e. The summed E-state index contributed by atoms with van der Waals surface area (Å²) in [6, 6.07) is 7.29. The minimum Gasteiger partial charge on any atom is -0.453 e. The molecular formula is C24H31F2N3O3. The third kappa shape index (κ3) is 5.01. The molecule has 174 valence electrons. The van der Waals surface area contributed by atoms with Gasteiger partial charge in [0.15, 0.2) is 11.6 Å². The summed E-state index contributed by atoms with van der Waals surface area (Å²) < 4.78 is 31.6. The van der Waals surface area contributed by atoms with E-state index in [0.29, 0.717) is 24.2 Å². The van der Waals surface area contributed by atoms with Crippen LogP contribution in [0.5, 0.6) is 0 Å². The van der Waals surface area contributed by atoms with E-state index in [4.69, 9.17) is 4.74 Å². The van der Waals surface area contributed by atoms with Gasteiger partial charge < -0.3 is 20.1 Å². The molecule has 1 saturated heterocycles. The fraction of sp³-hybridized carbons (Fsp3) is 0.500. The molecule has 0 spiro atoms. The summed E-state index contributed by atoms with van der Waals surface area (Å²) in [5.41, 5.74) is 0.957. The summed E-state index contributed by atoms with van der Waals surface area (Å²) in [5, 5.41) is 14.2. The number of anilines is 1. The first-order chi connectivity index (χ1) is 15.2. The Morgan fingerprint density at radius 2 is 1.97 bits per heavy atom. The van der Waals surface area contributed by atoms with Crippen molar-refractivity contribution in [2.75, 3.05) is 25.1 Å². The van der Waals surface area contributed by atoms with E-state index in [2.05, 4.69) is 15.2 Å². The summed E-state index contributed by atoms with van der Waals surface area (Å²) in [7, 11) is 1.31. The van der Waals surface area contributed by atoms with E-state index in [1.54, 1.807) is 12.3 Å². The third-order valence-electron chi connectivity index (χ3n) is 6.50. The standard InChI is InChI=1S/C24H31F2N3O3/c1-15(2)16(3)22(30)24(28-23(31)32-4)10-5-11-29(14-24)18-7-9-21(27-13-18)17-6-8-19(25)20(26)12-17/h6-9,12-13,15-16,22,30H,5,10-11,14H2,1-4H3,(H,28,31). The average Bonchev–Trinajstić information content (AvgIpc) is 2.80. The van der Waals surface area contributed by atoms with E-state index >= 15 is 0 Å². The lowest BCUT2D eigenvalue weighted by atomic mass is 9.75. The van der Waals surface area contributed by atoms with Crippen LogP contribution < -0.4 is 10.2 Å². The van der Waals surface area contributed by atoms with Crippen molar-refractivity contribution in [1.29, 1.82) is 0 Å². The quantitative estimate of drug-likeness (QED) is 0.688. The molecule has 32 heavy (non-hydrogen) atoms. The van der Waals surface area contributed by atoms with Gasteiger partial charge in [-0.2, -0.15) is 0 Å². The Kier molecular flexibility index (Phi) is 7.33. The molecule has 2 heterocycles. The molecule has 1 amide bonds. The number of nitrogens with one attached hydrogen (secondary N) is 1. The number of carbonyl (C=O) groups is 1. The highest BCUT2D eigenvalue weighted by Crippen LogP contribution is 2.34. The predicted octanol–water partition coefficient (Wildman–Crippen LogP) is 4.37. The molecule has 0 bridgehead atoms. The number of aliphatic hydroxyl groups is 1. The van der Waals surface area contributed by atoms with Gasteiger partial charge >= 0.3 is 6.09 Å². The first-order valence-electron chi connectivity index (χ1n) is 10.9. The Hall–Kier alpha value is -2.74. The number of rotatable bonds is 6. The van der Waals surface area contributed by atoms with Gasteiger partial charge in [-0.3, -0.25) is 4.98 Å². The molecule has 3 atom stereocenters. The predicted molar refractivity (Wildman–Crippen MR) is 119 cm³/mol. The summed E-state index contributed by atoms with van der Waals surface area (Å²) in [4.78, 5) is 18.6. The number of hydrogen-bond donors (Lipinski definition) is 2. The molecule has 2 aromatic rings. The second-order valence-electron chi connectivity index (χ2n) is 8.88. The lowest BCUT2D eigenvalue weighted by Gasteiger charge is -2.48. The van der Waals surface area contributed by atoms with Crippen LogP contribution in [0.2, 0.25) is 0 Å². The zero-order chi connectivity index (χ0) is 23.5. The van der Waals surface area contributed by atoms with Crippen molar-refractivity contribution in [2.45, 2.75) is 45.3 Å². The van der Waals surface area contributed by atoms with Crippen LogP contribution in [-0.2, 0) is 4.74 Å². The Bertz CT molecular complexity index is 939. The average molecular weight is 448 g/mol. The molecule has 1 fully saturated rings. The number of methoxy groups -OCH3 is 1. The number of nitrogens with zero attached hydrogens (tertiary/aromatic N) is 2. The van der Waals surface area contributed by atoms with Crippen molar-refractivity contribution in [1.82, 2.24) is 10.3 Å². The summed E-state index contributed by atoms with van der Waals surface area (Å²) in [5.74, 6) is -1.63. The number of piperidine rings is 1. The summed E-state index contributed by atoms with van der Waals surface area (Å²) in [6.07, 6.45) is 1.71. The van der Waals surface area contributed by atoms with Gasteiger partial charge in [-0.05, 0) is 55.0 Å². The fourth-order valence-corrected chi connectivity index (χ4v) is 4.24. The van der Waals surface area contributed by atoms with Crippen LogP contribution in [-0.4, -0.2) is 48.0 Å². The molecule has 2 N–H and O–H groups in total. The Balaban J connectivity index is 1.86. The van der Waals surface area contributed by atoms with Gasteiger partial charge in [0.05, 0.1) is 36.3 Å². The van der Waals surface area contributed by atoms with Crippen molar-refractivity contribution in [3.63, 3.8) is 0 Å². The van der Waals surface area contributed by atoms with Crippen molar-refractivity contribution in [3.8, 4) is 11.3 Å². The number of aliphatic hydroxyl groups excluding tert-OH is 1. The molecule has 0 saturated carbocycles. The maximum Gasteiger partial charge on any atom is 0.407 e.